The molecule has 2 N–H and O–H groups in total. The van der Waals surface area contributed by atoms with E-state index in [1.807, 2.05) is 0 Å². The molecule has 1 aromatic rings. The number of methoxy groups -OCH3 is 1. The molecule has 0 amide bonds. The minimum atomic E-state index is -3.79. The van der Waals surface area contributed by atoms with Gasteiger partial charge in [-0.3, -0.25) is 4.68 Å². The van der Waals surface area contributed by atoms with Crippen LogP contribution in [0.2, 0.25) is 0 Å². The Kier molecular flexibility index (Phi) is 5.48. The van der Waals surface area contributed by atoms with E-state index in [0.29, 0.717) is 6.61 Å². The summed E-state index contributed by atoms with van der Waals surface area (Å²) in [5.41, 5.74) is -0.430. The van der Waals surface area contributed by atoms with Gasteiger partial charge in [0, 0.05) is 19.9 Å². The van der Waals surface area contributed by atoms with Crippen molar-refractivity contribution in [3.63, 3.8) is 0 Å². The maximum absolute atomic E-state index is 12.3. The van der Waals surface area contributed by atoms with Gasteiger partial charge in [0.05, 0.1) is 18.3 Å². The average molecular weight is 338 g/mol. The highest BCUT2D eigenvalue weighted by Crippen LogP contribution is 2.20. The van der Waals surface area contributed by atoms with Crippen molar-refractivity contribution in [1.29, 1.82) is 0 Å². The minimum absolute atomic E-state index is 0.126. The summed E-state index contributed by atoms with van der Waals surface area (Å²) in [6.45, 7) is 0.728. The van der Waals surface area contributed by atoms with Crippen LogP contribution in [0.3, 0.4) is 0 Å². The van der Waals surface area contributed by atoms with E-state index in [4.69, 9.17) is 4.74 Å². The Balaban J connectivity index is 2.02. The number of alkyl halides is 2. The second-order valence-electron chi connectivity index (χ2n) is 5.36. The molecular weight excluding hydrogens is 318 g/mol. The van der Waals surface area contributed by atoms with Crippen LogP contribution < -0.4 is 10.0 Å². The topological polar surface area (TPSA) is 85.2 Å². The molecule has 2 heterocycles. The molecule has 1 fully saturated rings. The molecule has 1 saturated heterocycles. The van der Waals surface area contributed by atoms with Gasteiger partial charge in [-0.15, -0.1) is 0 Å². The molecule has 1 aromatic heterocycles. The Morgan fingerprint density at radius 1 is 1.59 bits per heavy atom. The molecule has 0 spiro atoms. The number of sulfonamides is 1. The smallest absolute Gasteiger partial charge is 0.257 e. The van der Waals surface area contributed by atoms with Crippen molar-refractivity contribution in [2.24, 2.45) is 0 Å². The molecule has 0 bridgehead atoms. The number of nitrogens with one attached hydrogen (secondary N) is 2. The lowest BCUT2D eigenvalue weighted by Crippen LogP contribution is -2.52. The number of rotatable bonds is 8. The quantitative estimate of drug-likeness (QED) is 0.707. The summed E-state index contributed by atoms with van der Waals surface area (Å²) in [5, 5.41) is 6.89. The normalized spacial score (nSPS) is 22.5. The number of ether oxygens (including phenoxy) is 1. The first-order valence-corrected chi connectivity index (χ1v) is 8.39. The van der Waals surface area contributed by atoms with Crippen molar-refractivity contribution in [3.05, 3.63) is 12.4 Å². The fourth-order valence-electron chi connectivity index (χ4n) is 2.51. The summed E-state index contributed by atoms with van der Waals surface area (Å²) >= 11 is 0. The standard InChI is InChI=1S/C12H20F2N4O3S/c1-21-9-12(3-2-4-15-12)8-17-22(19,20)10-5-16-18(6-10)7-11(13)14/h5-6,11,15,17H,2-4,7-9H2,1H3. The van der Waals surface area contributed by atoms with Crippen LogP contribution in [0.1, 0.15) is 12.8 Å². The highest BCUT2D eigenvalue weighted by Gasteiger charge is 2.35. The first-order chi connectivity index (χ1) is 10.4. The highest BCUT2D eigenvalue weighted by molar-refractivity contribution is 7.89. The average Bonchev–Trinajstić information content (AvgIpc) is 3.07. The van der Waals surface area contributed by atoms with E-state index in [0.717, 1.165) is 36.5 Å². The fourth-order valence-corrected chi connectivity index (χ4v) is 3.59. The van der Waals surface area contributed by atoms with Gasteiger partial charge in [-0.05, 0) is 19.4 Å². The number of halogens is 2. The first-order valence-electron chi connectivity index (χ1n) is 6.91. The van der Waals surface area contributed by atoms with Crippen LogP contribution >= 0.6 is 0 Å². The molecule has 1 aliphatic rings. The lowest BCUT2D eigenvalue weighted by molar-refractivity contribution is 0.121. The number of hydrogen-bond acceptors (Lipinski definition) is 5. The van der Waals surface area contributed by atoms with Crippen LogP contribution in [-0.2, 0) is 21.3 Å². The third kappa shape index (κ3) is 4.22. The monoisotopic (exact) mass is 338 g/mol. The Hall–Kier alpha value is -1.10. The summed E-state index contributed by atoms with van der Waals surface area (Å²) in [4.78, 5) is -0.126. The zero-order valence-corrected chi connectivity index (χ0v) is 13.1. The third-order valence-electron chi connectivity index (χ3n) is 3.60. The molecule has 126 valence electrons. The molecule has 1 atom stereocenters. The van der Waals surface area contributed by atoms with Crippen LogP contribution in [-0.4, -0.2) is 57.0 Å². The van der Waals surface area contributed by atoms with Gasteiger partial charge in [-0.2, -0.15) is 5.10 Å². The van der Waals surface area contributed by atoms with Crippen LogP contribution in [0.15, 0.2) is 17.3 Å². The van der Waals surface area contributed by atoms with E-state index in [9.17, 15) is 17.2 Å². The zero-order chi connectivity index (χ0) is 16.2. The molecule has 0 aromatic carbocycles. The van der Waals surface area contributed by atoms with E-state index < -0.39 is 28.5 Å². The molecule has 1 unspecified atom stereocenters. The van der Waals surface area contributed by atoms with Gasteiger partial charge in [0.25, 0.3) is 6.43 Å². The van der Waals surface area contributed by atoms with Crippen LogP contribution in [0, 0.1) is 0 Å². The SMILES string of the molecule is COCC1(CNS(=O)(=O)c2cnn(CC(F)F)c2)CCCN1. The van der Waals surface area contributed by atoms with Gasteiger partial charge in [-0.1, -0.05) is 0 Å². The maximum Gasteiger partial charge on any atom is 0.257 e. The zero-order valence-electron chi connectivity index (χ0n) is 12.3. The van der Waals surface area contributed by atoms with E-state index in [-0.39, 0.29) is 11.4 Å². The number of aromatic nitrogens is 2. The van der Waals surface area contributed by atoms with Crippen molar-refractivity contribution in [1.82, 2.24) is 19.8 Å². The molecule has 0 aliphatic carbocycles. The maximum atomic E-state index is 12.3. The van der Waals surface area contributed by atoms with Gasteiger partial charge in [0.2, 0.25) is 10.0 Å². The fraction of sp³-hybridized carbons (Fsp3) is 0.750. The van der Waals surface area contributed by atoms with Crippen molar-refractivity contribution in [2.45, 2.75) is 36.2 Å². The second-order valence-corrected chi connectivity index (χ2v) is 7.12. The first kappa shape index (κ1) is 17.3. The Morgan fingerprint density at radius 3 is 2.95 bits per heavy atom. The molecule has 10 heteroatoms. The summed E-state index contributed by atoms with van der Waals surface area (Å²) < 4.78 is 57.5. The predicted octanol–water partition coefficient (Wildman–Crippen LogP) is 0.195. The number of hydrogen-bond donors (Lipinski definition) is 2. The lowest BCUT2D eigenvalue weighted by Gasteiger charge is -2.28. The van der Waals surface area contributed by atoms with Crippen LogP contribution in [0.25, 0.3) is 0 Å². The molecular formula is C12H20F2N4O3S. The van der Waals surface area contributed by atoms with E-state index in [1.165, 1.54) is 0 Å². The third-order valence-corrected chi connectivity index (χ3v) is 4.95. The van der Waals surface area contributed by atoms with Crippen molar-refractivity contribution in [2.75, 3.05) is 26.8 Å². The largest absolute Gasteiger partial charge is 0.383 e. The van der Waals surface area contributed by atoms with Crippen molar-refractivity contribution < 1.29 is 21.9 Å². The molecule has 22 heavy (non-hydrogen) atoms. The molecule has 1 aliphatic heterocycles. The minimum Gasteiger partial charge on any atom is -0.383 e. The second kappa shape index (κ2) is 6.99. The van der Waals surface area contributed by atoms with Gasteiger partial charge in [0.1, 0.15) is 11.4 Å². The van der Waals surface area contributed by atoms with Crippen molar-refractivity contribution >= 4 is 10.0 Å². The van der Waals surface area contributed by atoms with Gasteiger partial charge >= 0.3 is 0 Å². The molecule has 2 rings (SSSR count). The number of nitrogens with zero attached hydrogens (tertiary/aromatic N) is 2. The summed E-state index contributed by atoms with van der Waals surface area (Å²) in [6.07, 6.45) is 1.32. The van der Waals surface area contributed by atoms with Gasteiger partial charge in [-0.25, -0.2) is 21.9 Å². The van der Waals surface area contributed by atoms with Crippen molar-refractivity contribution in [3.8, 4) is 0 Å². The molecule has 0 saturated carbocycles. The molecule has 7 nitrogen and oxygen atoms in total. The van der Waals surface area contributed by atoms with E-state index in [1.54, 1.807) is 7.11 Å². The lowest BCUT2D eigenvalue weighted by atomic mass is 9.99. The Labute approximate surface area is 128 Å². The Morgan fingerprint density at radius 2 is 2.36 bits per heavy atom. The summed E-state index contributed by atoms with van der Waals surface area (Å²) in [7, 11) is -2.23. The summed E-state index contributed by atoms with van der Waals surface area (Å²) in [6, 6.07) is 0. The van der Waals surface area contributed by atoms with Crippen LogP contribution in [0.4, 0.5) is 8.78 Å². The Bertz CT molecular complexity index is 585. The van der Waals surface area contributed by atoms with E-state index in [2.05, 4.69) is 15.1 Å². The van der Waals surface area contributed by atoms with Gasteiger partial charge < -0.3 is 10.1 Å². The highest BCUT2D eigenvalue weighted by atomic mass is 32.2. The van der Waals surface area contributed by atoms with Crippen LogP contribution in [0.5, 0.6) is 0 Å². The summed E-state index contributed by atoms with van der Waals surface area (Å²) in [5.74, 6) is 0. The molecule has 0 radical (unpaired) electrons. The predicted molar refractivity (Wildman–Crippen MR) is 75.3 cm³/mol. The van der Waals surface area contributed by atoms with E-state index >= 15 is 0 Å². The van der Waals surface area contributed by atoms with Gasteiger partial charge in [0.15, 0.2) is 0 Å².